The van der Waals surface area contributed by atoms with E-state index >= 15 is 0 Å². The molecular formula is C22H25N3O. The third kappa shape index (κ3) is 5.60. The molecule has 4 heteroatoms. The van der Waals surface area contributed by atoms with E-state index in [-0.39, 0.29) is 0 Å². The van der Waals surface area contributed by atoms with Gasteiger partial charge in [-0.25, -0.2) is 4.98 Å². The summed E-state index contributed by atoms with van der Waals surface area (Å²) in [5, 5.41) is 3.33. The van der Waals surface area contributed by atoms with Gasteiger partial charge in [-0.1, -0.05) is 42.5 Å². The molecular weight excluding hydrogens is 322 g/mol. The Labute approximate surface area is 155 Å². The van der Waals surface area contributed by atoms with Crippen LogP contribution in [0.15, 0.2) is 72.9 Å². The zero-order valence-electron chi connectivity index (χ0n) is 14.9. The van der Waals surface area contributed by atoms with Crippen molar-refractivity contribution in [1.29, 1.82) is 0 Å². The van der Waals surface area contributed by atoms with Crippen molar-refractivity contribution in [2.75, 3.05) is 18.5 Å². The van der Waals surface area contributed by atoms with Gasteiger partial charge >= 0.3 is 0 Å². The van der Waals surface area contributed by atoms with E-state index in [0.29, 0.717) is 13.2 Å². The minimum Gasteiger partial charge on any atom is -0.492 e. The van der Waals surface area contributed by atoms with Gasteiger partial charge in [-0.15, -0.1) is 0 Å². The van der Waals surface area contributed by atoms with Gasteiger partial charge in [0.1, 0.15) is 18.2 Å². The number of benzene rings is 2. The van der Waals surface area contributed by atoms with Crippen molar-refractivity contribution in [1.82, 2.24) is 4.98 Å². The first kappa shape index (κ1) is 18.0. The molecule has 0 aliphatic rings. The molecule has 3 N–H and O–H groups in total. The zero-order chi connectivity index (χ0) is 18.0. The Morgan fingerprint density at radius 1 is 0.846 bits per heavy atom. The number of hydrogen-bond donors (Lipinski definition) is 2. The lowest BCUT2D eigenvalue weighted by Gasteiger charge is -2.08. The van der Waals surface area contributed by atoms with Crippen LogP contribution in [0.25, 0.3) is 0 Å². The monoisotopic (exact) mass is 347 g/mol. The molecule has 0 atom stereocenters. The van der Waals surface area contributed by atoms with E-state index in [1.54, 1.807) is 6.20 Å². The first-order valence-electron chi connectivity index (χ1n) is 8.98. The number of anilines is 1. The normalized spacial score (nSPS) is 10.5. The number of rotatable bonds is 9. The largest absolute Gasteiger partial charge is 0.492 e. The van der Waals surface area contributed by atoms with Gasteiger partial charge in [0.2, 0.25) is 0 Å². The van der Waals surface area contributed by atoms with Gasteiger partial charge < -0.3 is 15.8 Å². The van der Waals surface area contributed by atoms with E-state index in [9.17, 15) is 0 Å². The number of nitrogens with one attached hydrogen (secondary N) is 1. The summed E-state index contributed by atoms with van der Waals surface area (Å²) < 4.78 is 5.59. The number of nitrogens with zero attached hydrogens (tertiary/aromatic N) is 1. The van der Waals surface area contributed by atoms with Gasteiger partial charge in [0.15, 0.2) is 0 Å². The van der Waals surface area contributed by atoms with Crippen molar-refractivity contribution >= 4 is 5.82 Å². The molecule has 26 heavy (non-hydrogen) atoms. The van der Waals surface area contributed by atoms with Gasteiger partial charge in [0.05, 0.1) is 0 Å². The van der Waals surface area contributed by atoms with Gasteiger partial charge in [-0.3, -0.25) is 0 Å². The molecule has 0 unspecified atom stereocenters. The number of nitrogens with two attached hydrogens (primary N) is 1. The van der Waals surface area contributed by atoms with Crippen LogP contribution in [-0.2, 0) is 19.4 Å². The van der Waals surface area contributed by atoms with Crippen LogP contribution in [0.5, 0.6) is 5.75 Å². The molecule has 0 aliphatic heterocycles. The molecule has 0 amide bonds. The Balaban J connectivity index is 1.50. The summed E-state index contributed by atoms with van der Waals surface area (Å²) in [6, 6.07) is 22.9. The Morgan fingerprint density at radius 3 is 2.42 bits per heavy atom. The molecule has 3 aromatic rings. The molecule has 0 aliphatic carbocycles. The van der Waals surface area contributed by atoms with Gasteiger partial charge in [0.25, 0.3) is 0 Å². The molecule has 1 aromatic heterocycles. The molecule has 0 saturated carbocycles. The molecule has 0 fully saturated rings. The van der Waals surface area contributed by atoms with Crippen LogP contribution in [0.3, 0.4) is 0 Å². The van der Waals surface area contributed by atoms with Crippen molar-refractivity contribution in [3.63, 3.8) is 0 Å². The Bertz CT molecular complexity index is 788. The zero-order valence-corrected chi connectivity index (χ0v) is 14.9. The minimum atomic E-state index is 0.534. The van der Waals surface area contributed by atoms with Crippen LogP contribution in [0.2, 0.25) is 0 Å². The van der Waals surface area contributed by atoms with Crippen LogP contribution in [0.4, 0.5) is 5.82 Å². The summed E-state index contributed by atoms with van der Waals surface area (Å²) in [5.74, 6) is 1.79. The van der Waals surface area contributed by atoms with E-state index in [1.807, 2.05) is 30.3 Å². The van der Waals surface area contributed by atoms with Crippen LogP contribution in [0.1, 0.15) is 16.7 Å². The lowest BCUT2D eigenvalue weighted by molar-refractivity contribution is 0.328. The number of pyridine rings is 1. The smallest absolute Gasteiger partial charge is 0.126 e. The fraction of sp³-hybridized carbons (Fsp3) is 0.227. The summed E-state index contributed by atoms with van der Waals surface area (Å²) in [5.41, 5.74) is 9.34. The maximum Gasteiger partial charge on any atom is 0.126 e. The second-order valence-corrected chi connectivity index (χ2v) is 6.17. The Morgan fingerprint density at radius 2 is 1.65 bits per heavy atom. The van der Waals surface area contributed by atoms with E-state index < -0.39 is 0 Å². The predicted octanol–water partition coefficient (Wildman–Crippen LogP) is 3.82. The molecule has 3 rings (SSSR count). The van der Waals surface area contributed by atoms with Crippen molar-refractivity contribution in [2.45, 2.75) is 19.4 Å². The Kier molecular flexibility index (Phi) is 6.62. The van der Waals surface area contributed by atoms with Gasteiger partial charge in [-0.2, -0.15) is 0 Å². The number of ether oxygens (including phenoxy) is 1. The van der Waals surface area contributed by atoms with E-state index in [2.05, 4.69) is 46.7 Å². The van der Waals surface area contributed by atoms with Crippen LogP contribution >= 0.6 is 0 Å². The van der Waals surface area contributed by atoms with Crippen molar-refractivity contribution in [2.24, 2.45) is 5.73 Å². The molecule has 0 spiro atoms. The standard InChI is InChI=1S/C22H25N3O/c23-13-15-26-21-5-3-4-19(16-21)10-7-18-8-11-20(12-9-18)17-25-22-6-1-2-14-24-22/h1-6,8-9,11-12,14,16H,7,10,13,15,17,23H2,(H,24,25). The van der Waals surface area contributed by atoms with Crippen LogP contribution in [0, 0.1) is 0 Å². The van der Waals surface area contributed by atoms with Crippen LogP contribution in [-0.4, -0.2) is 18.1 Å². The summed E-state index contributed by atoms with van der Waals surface area (Å²) in [6.45, 7) is 1.86. The lowest BCUT2D eigenvalue weighted by Crippen LogP contribution is -2.10. The molecule has 4 nitrogen and oxygen atoms in total. The molecule has 134 valence electrons. The van der Waals surface area contributed by atoms with Crippen LogP contribution < -0.4 is 15.8 Å². The fourth-order valence-electron chi connectivity index (χ4n) is 2.74. The highest BCUT2D eigenvalue weighted by atomic mass is 16.5. The van der Waals surface area contributed by atoms with Crippen molar-refractivity contribution < 1.29 is 4.74 Å². The topological polar surface area (TPSA) is 60.2 Å². The third-order valence-corrected chi connectivity index (χ3v) is 4.15. The predicted molar refractivity (Wildman–Crippen MR) is 106 cm³/mol. The van der Waals surface area contributed by atoms with Crippen molar-refractivity contribution in [3.8, 4) is 5.75 Å². The molecule has 2 aromatic carbocycles. The number of hydrogen-bond acceptors (Lipinski definition) is 4. The maximum atomic E-state index is 5.59. The third-order valence-electron chi connectivity index (χ3n) is 4.15. The first-order chi connectivity index (χ1) is 12.8. The SMILES string of the molecule is NCCOc1cccc(CCc2ccc(CNc3ccccn3)cc2)c1. The molecule has 1 heterocycles. The summed E-state index contributed by atoms with van der Waals surface area (Å²) in [4.78, 5) is 4.27. The average molecular weight is 347 g/mol. The van der Waals surface area contributed by atoms with Gasteiger partial charge in [-0.05, 0) is 53.8 Å². The van der Waals surface area contributed by atoms with Gasteiger partial charge in [0, 0.05) is 19.3 Å². The summed E-state index contributed by atoms with van der Waals surface area (Å²) in [6.07, 6.45) is 3.79. The number of aryl methyl sites for hydroxylation is 2. The maximum absolute atomic E-state index is 5.59. The second-order valence-electron chi connectivity index (χ2n) is 6.17. The highest BCUT2D eigenvalue weighted by molar-refractivity contribution is 5.35. The quantitative estimate of drug-likeness (QED) is 0.618. The van der Waals surface area contributed by atoms with Crippen molar-refractivity contribution in [3.05, 3.63) is 89.6 Å². The highest BCUT2D eigenvalue weighted by Gasteiger charge is 2.00. The average Bonchev–Trinajstić information content (AvgIpc) is 2.71. The fourth-order valence-corrected chi connectivity index (χ4v) is 2.74. The molecule has 0 radical (unpaired) electrons. The summed E-state index contributed by atoms with van der Waals surface area (Å²) in [7, 11) is 0. The van der Waals surface area contributed by atoms with E-state index in [0.717, 1.165) is 31.0 Å². The van der Waals surface area contributed by atoms with E-state index in [4.69, 9.17) is 10.5 Å². The second kappa shape index (κ2) is 9.59. The minimum absolute atomic E-state index is 0.534. The lowest BCUT2D eigenvalue weighted by atomic mass is 10.0. The molecule has 0 bridgehead atoms. The summed E-state index contributed by atoms with van der Waals surface area (Å²) >= 11 is 0. The molecule has 0 saturated heterocycles. The Hall–Kier alpha value is -2.85. The van der Waals surface area contributed by atoms with E-state index in [1.165, 1.54) is 16.7 Å². The highest BCUT2D eigenvalue weighted by Crippen LogP contribution is 2.16. The first-order valence-corrected chi connectivity index (χ1v) is 8.98. The number of aromatic nitrogens is 1.